The van der Waals surface area contributed by atoms with Gasteiger partial charge in [0.1, 0.15) is 23.9 Å². The van der Waals surface area contributed by atoms with Gasteiger partial charge in [-0.2, -0.15) is 0 Å². The van der Waals surface area contributed by atoms with Crippen molar-refractivity contribution in [3.63, 3.8) is 0 Å². The van der Waals surface area contributed by atoms with E-state index in [2.05, 4.69) is 10.6 Å². The fourth-order valence-corrected chi connectivity index (χ4v) is 4.17. The van der Waals surface area contributed by atoms with Crippen LogP contribution in [0.2, 0.25) is 0 Å². The average molecular weight is 607 g/mol. The van der Waals surface area contributed by atoms with E-state index < -0.39 is 47.4 Å². The second-order valence-corrected chi connectivity index (χ2v) is 12.3. The molecule has 13 nitrogen and oxygen atoms in total. The maximum absolute atomic E-state index is 13.4. The zero-order chi connectivity index (χ0) is 32.0. The summed E-state index contributed by atoms with van der Waals surface area (Å²) in [5, 5.41) is 5.36. The van der Waals surface area contributed by atoms with Crippen molar-refractivity contribution in [2.24, 2.45) is 5.92 Å². The summed E-state index contributed by atoms with van der Waals surface area (Å²) in [6, 6.07) is 8.32. The molecule has 0 bridgehead atoms. The van der Waals surface area contributed by atoms with Crippen LogP contribution >= 0.6 is 0 Å². The minimum Gasteiger partial charge on any atom is -0.445 e. The van der Waals surface area contributed by atoms with Crippen LogP contribution in [0.3, 0.4) is 0 Å². The number of carbonyl (C=O) groups is 5. The summed E-state index contributed by atoms with van der Waals surface area (Å²) in [4.78, 5) is 68.6. The fraction of sp³-hybridized carbons (Fsp3) is 0.633. The Bertz CT molecular complexity index is 1080. The number of alkyl carbamates (subject to hydrolysis) is 2. The monoisotopic (exact) mass is 606 g/mol. The van der Waals surface area contributed by atoms with Gasteiger partial charge < -0.3 is 34.6 Å². The summed E-state index contributed by atoms with van der Waals surface area (Å²) in [7, 11) is 0. The Kier molecular flexibility index (Phi) is 13.5. The molecule has 0 aliphatic carbocycles. The number of piperidine rings is 1. The molecule has 1 unspecified atom stereocenters. The van der Waals surface area contributed by atoms with Gasteiger partial charge >= 0.3 is 24.2 Å². The highest BCUT2D eigenvalue weighted by Gasteiger charge is 2.33. The third kappa shape index (κ3) is 14.6. The number of nitrogens with zero attached hydrogens (tertiary/aromatic N) is 1. The van der Waals surface area contributed by atoms with Gasteiger partial charge in [0.05, 0.1) is 5.92 Å². The Morgan fingerprint density at radius 3 is 2.07 bits per heavy atom. The summed E-state index contributed by atoms with van der Waals surface area (Å²) >= 11 is 0. The molecule has 1 saturated heterocycles. The summed E-state index contributed by atoms with van der Waals surface area (Å²) in [6.45, 7) is 11.3. The van der Waals surface area contributed by atoms with E-state index in [0.717, 1.165) is 5.56 Å². The van der Waals surface area contributed by atoms with Crippen molar-refractivity contribution in [3.8, 4) is 0 Å². The molecular formula is C30H46N4O9. The highest BCUT2D eigenvalue weighted by Crippen LogP contribution is 2.20. The summed E-state index contributed by atoms with van der Waals surface area (Å²) < 4.78 is 15.6. The summed E-state index contributed by atoms with van der Waals surface area (Å²) in [5.74, 6) is -1.43. The van der Waals surface area contributed by atoms with Gasteiger partial charge in [0.2, 0.25) is 5.91 Å². The number of benzene rings is 1. The molecule has 1 atom stereocenters. The molecule has 43 heavy (non-hydrogen) atoms. The van der Waals surface area contributed by atoms with Gasteiger partial charge in [0.15, 0.2) is 0 Å². The standard InChI is InChI=1S/C30H46N4O9/c1-29(2,3)41-26(37)31-17-11-10-14-23(32-27(38)40-20-21-12-8-7-9-13-21)24(35)34-18-15-22(16-19-34)25(36)43-33-28(39)42-30(4,5)6/h7-9,12-13,22-23H,10-11,14-20H2,1-6H3,(H,31,37)(H,32,38)(H,33,39). The first-order valence-corrected chi connectivity index (χ1v) is 14.6. The van der Waals surface area contributed by atoms with Gasteiger partial charge in [-0.3, -0.25) is 4.79 Å². The average Bonchev–Trinajstić information content (AvgIpc) is 2.92. The Morgan fingerprint density at radius 1 is 0.860 bits per heavy atom. The number of hydrogen-bond acceptors (Lipinski definition) is 9. The van der Waals surface area contributed by atoms with Crippen molar-refractivity contribution in [2.75, 3.05) is 19.6 Å². The van der Waals surface area contributed by atoms with E-state index >= 15 is 0 Å². The topological polar surface area (TPSA) is 162 Å². The quantitative estimate of drug-likeness (QED) is 0.201. The van der Waals surface area contributed by atoms with Crippen LogP contribution in [0, 0.1) is 5.92 Å². The second-order valence-electron chi connectivity index (χ2n) is 12.3. The number of rotatable bonds is 10. The number of carbonyl (C=O) groups excluding carboxylic acids is 5. The minimum absolute atomic E-state index is 0.0538. The first-order chi connectivity index (χ1) is 20.1. The number of ether oxygens (including phenoxy) is 3. The predicted octanol–water partition coefficient (Wildman–Crippen LogP) is 4.20. The molecule has 1 aromatic carbocycles. The van der Waals surface area contributed by atoms with E-state index in [9.17, 15) is 24.0 Å². The lowest BCUT2D eigenvalue weighted by Crippen LogP contribution is -2.51. The summed E-state index contributed by atoms with van der Waals surface area (Å²) in [6.07, 6.45) is -0.0603. The van der Waals surface area contributed by atoms with Crippen LogP contribution in [0.1, 0.15) is 79.2 Å². The highest BCUT2D eigenvalue weighted by atomic mass is 16.7. The maximum Gasteiger partial charge on any atom is 0.441 e. The Hall–Kier alpha value is -4.03. The number of hydroxylamine groups is 1. The molecule has 0 aromatic heterocycles. The maximum atomic E-state index is 13.4. The third-order valence-corrected chi connectivity index (χ3v) is 6.16. The molecule has 1 aliphatic rings. The van der Waals surface area contributed by atoms with Crippen LogP contribution in [-0.4, -0.2) is 71.9 Å². The van der Waals surface area contributed by atoms with Crippen LogP contribution in [0.4, 0.5) is 14.4 Å². The molecule has 13 heteroatoms. The van der Waals surface area contributed by atoms with Gasteiger partial charge in [-0.1, -0.05) is 30.3 Å². The van der Waals surface area contributed by atoms with E-state index in [0.29, 0.717) is 38.6 Å². The van der Waals surface area contributed by atoms with Crippen LogP contribution in [0.5, 0.6) is 0 Å². The smallest absolute Gasteiger partial charge is 0.441 e. The van der Waals surface area contributed by atoms with Crippen molar-refractivity contribution >= 4 is 30.2 Å². The fourth-order valence-electron chi connectivity index (χ4n) is 4.17. The molecule has 240 valence electrons. The Morgan fingerprint density at radius 2 is 1.47 bits per heavy atom. The van der Waals surface area contributed by atoms with E-state index in [1.54, 1.807) is 46.4 Å². The molecule has 3 N–H and O–H groups in total. The molecule has 1 aromatic rings. The predicted molar refractivity (Wildman–Crippen MR) is 156 cm³/mol. The normalized spacial score (nSPS) is 14.6. The molecular weight excluding hydrogens is 560 g/mol. The Labute approximate surface area is 253 Å². The van der Waals surface area contributed by atoms with E-state index in [1.807, 2.05) is 35.8 Å². The largest absolute Gasteiger partial charge is 0.445 e. The number of unbranched alkanes of at least 4 members (excludes halogenated alkanes) is 1. The van der Waals surface area contributed by atoms with Crippen molar-refractivity contribution in [3.05, 3.63) is 35.9 Å². The molecule has 0 spiro atoms. The zero-order valence-corrected chi connectivity index (χ0v) is 26.0. The van der Waals surface area contributed by atoms with Crippen molar-refractivity contribution in [1.29, 1.82) is 0 Å². The second kappa shape index (κ2) is 16.6. The van der Waals surface area contributed by atoms with Crippen LogP contribution in [-0.2, 0) is 35.2 Å². The van der Waals surface area contributed by atoms with Gasteiger partial charge in [0.25, 0.3) is 0 Å². The van der Waals surface area contributed by atoms with E-state index in [4.69, 9.17) is 19.0 Å². The first kappa shape index (κ1) is 35.2. The minimum atomic E-state index is -0.872. The molecule has 0 radical (unpaired) electrons. The van der Waals surface area contributed by atoms with Crippen LogP contribution < -0.4 is 16.1 Å². The van der Waals surface area contributed by atoms with Gasteiger partial charge in [-0.05, 0) is 79.2 Å². The number of hydrogen-bond donors (Lipinski definition) is 3. The van der Waals surface area contributed by atoms with Gasteiger partial charge in [0, 0.05) is 19.6 Å². The lowest BCUT2D eigenvalue weighted by molar-refractivity contribution is -0.158. The zero-order valence-electron chi connectivity index (χ0n) is 26.0. The third-order valence-electron chi connectivity index (χ3n) is 6.16. The summed E-state index contributed by atoms with van der Waals surface area (Å²) in [5.41, 5.74) is 1.46. The first-order valence-electron chi connectivity index (χ1n) is 14.6. The van der Waals surface area contributed by atoms with Crippen molar-refractivity contribution in [1.82, 2.24) is 21.0 Å². The van der Waals surface area contributed by atoms with Crippen LogP contribution in [0.25, 0.3) is 0 Å². The molecule has 1 fully saturated rings. The lowest BCUT2D eigenvalue weighted by atomic mass is 9.96. The number of nitrogens with one attached hydrogen (secondary N) is 3. The van der Waals surface area contributed by atoms with Crippen LogP contribution in [0.15, 0.2) is 30.3 Å². The molecule has 1 heterocycles. The van der Waals surface area contributed by atoms with Gasteiger partial charge in [-0.25, -0.2) is 19.2 Å². The lowest BCUT2D eigenvalue weighted by Gasteiger charge is -2.33. The highest BCUT2D eigenvalue weighted by molar-refractivity contribution is 5.86. The molecule has 1 aliphatic heterocycles. The van der Waals surface area contributed by atoms with Crippen molar-refractivity contribution < 1.29 is 43.0 Å². The molecule has 0 saturated carbocycles. The number of amides is 4. The van der Waals surface area contributed by atoms with E-state index in [-0.39, 0.29) is 25.6 Å². The van der Waals surface area contributed by atoms with Gasteiger partial charge in [-0.15, -0.1) is 5.48 Å². The molecule has 2 rings (SSSR count). The van der Waals surface area contributed by atoms with Crippen molar-refractivity contribution in [2.45, 2.75) is 97.5 Å². The van der Waals surface area contributed by atoms with E-state index in [1.165, 1.54) is 0 Å². The SMILES string of the molecule is CC(C)(C)OC(=O)NCCCCC(NC(=O)OCc1ccccc1)C(=O)N1CCC(C(=O)ONC(=O)OC(C)(C)C)CC1. The number of likely N-dealkylation sites (tertiary alicyclic amines) is 1. The Balaban J connectivity index is 1.89. The molecule has 4 amide bonds.